The molecule has 0 bridgehead atoms. The van der Waals surface area contributed by atoms with Crippen molar-refractivity contribution >= 4 is 55.9 Å². The summed E-state index contributed by atoms with van der Waals surface area (Å²) < 4.78 is 10.8. The number of hydrogen-bond donors (Lipinski definition) is 0. The predicted molar refractivity (Wildman–Crippen MR) is 225 cm³/mol. The fourth-order valence-electron chi connectivity index (χ4n) is 7.48. The molecule has 9 heteroatoms. The standard InChI is InChI=1S/C47H32N8O/c1-30(11-9-25-48-2)38-15-7-19-44(50-38)55-40-17-5-3-13-34(40)36-23-21-32(28-43(36)55)47-53-52-46(56-47)31-22-24-42-37(27-31)35-14-4-6-18-41(35)54(42)45-20-8-16-39(51-45)33-12-10-26-49-29-33/h3-29H,2H2,1H3/b25-9-,30-11+. The molecule has 4 aromatic carbocycles. The molecule has 0 saturated heterocycles. The molecule has 0 aliphatic carbocycles. The number of benzene rings is 4. The van der Waals surface area contributed by atoms with Crippen molar-refractivity contribution in [2.45, 2.75) is 6.92 Å². The molecule has 0 N–H and O–H groups in total. The van der Waals surface area contributed by atoms with Crippen LogP contribution in [0.1, 0.15) is 12.6 Å². The van der Waals surface area contributed by atoms with E-state index >= 15 is 0 Å². The van der Waals surface area contributed by atoms with Gasteiger partial charge in [-0.3, -0.25) is 19.1 Å². The second kappa shape index (κ2) is 13.6. The SMILES string of the molecule is C=N/C=C\C=C(/C)c1cccc(-n2c3ccccc3c3ccc(-c4nnc(-c5ccc6c(c5)c5ccccc5n6-c5cccc(-c6cccnc6)n5)o4)cc32)n1. The van der Waals surface area contributed by atoms with Gasteiger partial charge in [0, 0.05) is 56.8 Å². The third-order valence-electron chi connectivity index (χ3n) is 10.1. The maximum atomic E-state index is 6.44. The molecular formula is C47H32N8O. The van der Waals surface area contributed by atoms with Crippen LogP contribution in [0, 0.1) is 0 Å². The number of para-hydroxylation sites is 2. The Kier molecular flexibility index (Phi) is 7.96. The molecule has 56 heavy (non-hydrogen) atoms. The Morgan fingerprint density at radius 1 is 0.607 bits per heavy atom. The number of rotatable bonds is 8. The minimum Gasteiger partial charge on any atom is -0.416 e. The second-order valence-electron chi connectivity index (χ2n) is 13.5. The zero-order chi connectivity index (χ0) is 37.6. The molecule has 0 atom stereocenters. The van der Waals surface area contributed by atoms with Gasteiger partial charge in [0.15, 0.2) is 0 Å². The summed E-state index contributed by atoms with van der Waals surface area (Å²) in [7, 11) is 0. The van der Waals surface area contributed by atoms with Crippen LogP contribution >= 0.6 is 0 Å². The van der Waals surface area contributed by atoms with E-state index in [2.05, 4.69) is 109 Å². The van der Waals surface area contributed by atoms with Gasteiger partial charge < -0.3 is 4.42 Å². The van der Waals surface area contributed by atoms with Gasteiger partial charge in [0.2, 0.25) is 11.8 Å². The van der Waals surface area contributed by atoms with Crippen molar-refractivity contribution in [1.82, 2.24) is 34.3 Å². The van der Waals surface area contributed by atoms with E-state index in [0.29, 0.717) is 11.8 Å². The van der Waals surface area contributed by atoms with Crippen LogP contribution in [-0.4, -0.2) is 41.0 Å². The average Bonchev–Trinajstić information content (AvgIpc) is 3.97. The Labute approximate surface area is 321 Å². The van der Waals surface area contributed by atoms with Crippen molar-refractivity contribution in [1.29, 1.82) is 0 Å². The van der Waals surface area contributed by atoms with Gasteiger partial charge in [0.1, 0.15) is 11.6 Å². The van der Waals surface area contributed by atoms with Crippen LogP contribution in [0.3, 0.4) is 0 Å². The van der Waals surface area contributed by atoms with Crippen molar-refractivity contribution in [2.24, 2.45) is 4.99 Å². The number of allylic oxidation sites excluding steroid dienone is 3. The molecule has 0 unspecified atom stereocenters. The summed E-state index contributed by atoms with van der Waals surface area (Å²) in [6.45, 7) is 5.55. The number of aromatic nitrogens is 7. The minimum absolute atomic E-state index is 0.431. The monoisotopic (exact) mass is 724 g/mol. The Hall–Kier alpha value is -7.78. The summed E-state index contributed by atoms with van der Waals surface area (Å²) in [5.74, 6) is 2.50. The summed E-state index contributed by atoms with van der Waals surface area (Å²) in [4.78, 5) is 18.2. The van der Waals surface area contributed by atoms with Crippen LogP contribution in [0.15, 0.2) is 174 Å². The smallest absolute Gasteiger partial charge is 0.248 e. The summed E-state index contributed by atoms with van der Waals surface area (Å²) in [5, 5.41) is 13.5. The molecule has 0 radical (unpaired) electrons. The Morgan fingerprint density at radius 2 is 1.27 bits per heavy atom. The first-order valence-corrected chi connectivity index (χ1v) is 18.2. The first kappa shape index (κ1) is 32.8. The van der Waals surface area contributed by atoms with Crippen LogP contribution in [-0.2, 0) is 0 Å². The third kappa shape index (κ3) is 5.57. The number of fused-ring (bicyclic) bond motifs is 6. The van der Waals surface area contributed by atoms with E-state index in [-0.39, 0.29) is 0 Å². The first-order chi connectivity index (χ1) is 27.6. The summed E-state index contributed by atoms with van der Waals surface area (Å²) >= 11 is 0. The topological polar surface area (TPSA) is 99.8 Å². The molecule has 266 valence electrons. The van der Waals surface area contributed by atoms with Gasteiger partial charge in [-0.15, -0.1) is 10.2 Å². The number of hydrogen-bond acceptors (Lipinski definition) is 7. The highest BCUT2D eigenvalue weighted by atomic mass is 16.4. The Bertz CT molecular complexity index is 3190. The lowest BCUT2D eigenvalue weighted by atomic mass is 10.1. The minimum atomic E-state index is 0.431. The highest BCUT2D eigenvalue weighted by Gasteiger charge is 2.19. The zero-order valence-electron chi connectivity index (χ0n) is 30.3. The van der Waals surface area contributed by atoms with Gasteiger partial charge in [-0.2, -0.15) is 0 Å². The van der Waals surface area contributed by atoms with Crippen molar-refractivity contribution in [3.8, 4) is 45.8 Å². The molecular weight excluding hydrogens is 693 g/mol. The second-order valence-corrected chi connectivity index (χ2v) is 13.5. The quantitative estimate of drug-likeness (QED) is 0.114. The molecule has 6 heterocycles. The van der Waals surface area contributed by atoms with Crippen LogP contribution in [0.2, 0.25) is 0 Å². The zero-order valence-corrected chi connectivity index (χ0v) is 30.3. The van der Waals surface area contributed by atoms with Gasteiger partial charge in [-0.05, 0) is 104 Å². The molecule has 0 spiro atoms. The van der Waals surface area contributed by atoms with Gasteiger partial charge in [-0.25, -0.2) is 9.97 Å². The van der Waals surface area contributed by atoms with Crippen LogP contribution in [0.25, 0.3) is 95.0 Å². The summed E-state index contributed by atoms with van der Waals surface area (Å²) in [6, 6.07) is 45.3. The normalized spacial score (nSPS) is 12.1. The molecule has 9 nitrogen and oxygen atoms in total. The highest BCUT2D eigenvalue weighted by Crippen LogP contribution is 2.37. The van der Waals surface area contributed by atoms with Gasteiger partial charge in [-0.1, -0.05) is 60.7 Å². The molecule has 10 aromatic rings. The van der Waals surface area contributed by atoms with Crippen molar-refractivity contribution in [3.05, 3.63) is 170 Å². The van der Waals surface area contributed by atoms with E-state index in [4.69, 9.17) is 14.4 Å². The van der Waals surface area contributed by atoms with Crippen molar-refractivity contribution < 1.29 is 4.42 Å². The fraction of sp³-hybridized carbons (Fsp3) is 0.0213. The fourth-order valence-corrected chi connectivity index (χ4v) is 7.48. The molecule has 0 amide bonds. The first-order valence-electron chi connectivity index (χ1n) is 18.2. The largest absolute Gasteiger partial charge is 0.416 e. The van der Waals surface area contributed by atoms with Crippen molar-refractivity contribution in [3.63, 3.8) is 0 Å². The third-order valence-corrected chi connectivity index (χ3v) is 10.1. The van der Waals surface area contributed by atoms with E-state index < -0.39 is 0 Å². The van der Waals surface area contributed by atoms with Crippen LogP contribution in [0.5, 0.6) is 0 Å². The van der Waals surface area contributed by atoms with Crippen LogP contribution in [0.4, 0.5) is 0 Å². The van der Waals surface area contributed by atoms with E-state index in [1.54, 1.807) is 12.4 Å². The van der Waals surface area contributed by atoms with E-state index in [1.807, 2.05) is 85.9 Å². The predicted octanol–water partition coefficient (Wildman–Crippen LogP) is 11.1. The molecule has 0 fully saturated rings. The Balaban J connectivity index is 1.05. The van der Waals surface area contributed by atoms with E-state index in [1.165, 1.54) is 0 Å². The molecule has 6 aromatic heterocycles. The van der Waals surface area contributed by atoms with Crippen molar-refractivity contribution in [2.75, 3.05) is 0 Å². The molecule has 0 aliphatic heterocycles. The van der Waals surface area contributed by atoms with E-state index in [9.17, 15) is 0 Å². The molecule has 0 saturated carbocycles. The number of aliphatic imine (C=N–C) groups is 1. The lowest BCUT2D eigenvalue weighted by Gasteiger charge is -2.09. The molecule has 10 rings (SSSR count). The Morgan fingerprint density at radius 3 is 2.04 bits per heavy atom. The van der Waals surface area contributed by atoms with Gasteiger partial charge in [0.05, 0.1) is 33.5 Å². The van der Waals surface area contributed by atoms with Gasteiger partial charge in [0.25, 0.3) is 0 Å². The van der Waals surface area contributed by atoms with Crippen LogP contribution < -0.4 is 0 Å². The highest BCUT2D eigenvalue weighted by molar-refractivity contribution is 6.11. The maximum absolute atomic E-state index is 6.44. The van der Waals surface area contributed by atoms with E-state index in [0.717, 1.165) is 88.9 Å². The van der Waals surface area contributed by atoms with Gasteiger partial charge >= 0.3 is 0 Å². The summed E-state index contributed by atoms with van der Waals surface area (Å²) in [6.07, 6.45) is 9.10. The lowest BCUT2D eigenvalue weighted by molar-refractivity contribution is 0.585. The number of pyridine rings is 3. The number of nitrogens with zero attached hydrogens (tertiary/aromatic N) is 8. The lowest BCUT2D eigenvalue weighted by Crippen LogP contribution is -1.99. The molecule has 0 aliphatic rings. The summed E-state index contributed by atoms with van der Waals surface area (Å²) in [5.41, 5.74) is 9.47. The average molecular weight is 725 g/mol. The maximum Gasteiger partial charge on any atom is 0.248 e.